The van der Waals surface area contributed by atoms with Crippen molar-refractivity contribution in [2.45, 2.75) is 6.54 Å². The van der Waals surface area contributed by atoms with Crippen molar-refractivity contribution in [1.82, 2.24) is 5.32 Å². The van der Waals surface area contributed by atoms with E-state index in [9.17, 15) is 9.59 Å². The molecule has 0 saturated carbocycles. The first-order valence-electron chi connectivity index (χ1n) is 7.94. The Labute approximate surface area is 155 Å². The summed E-state index contributed by atoms with van der Waals surface area (Å²) in [5.41, 5.74) is 2.31. The summed E-state index contributed by atoms with van der Waals surface area (Å²) in [6, 6.07) is 18.2. The lowest BCUT2D eigenvalue weighted by molar-refractivity contribution is -0.124. The van der Waals surface area contributed by atoms with Crippen LogP contribution in [0, 0.1) is 0 Å². The van der Waals surface area contributed by atoms with E-state index in [4.69, 9.17) is 20.8 Å². The SMILES string of the molecule is O=C(COC(=O)c1occc1-c1ccccc1)NCc1cccc(Cl)c1. The summed E-state index contributed by atoms with van der Waals surface area (Å²) in [5, 5.41) is 3.26. The molecule has 26 heavy (non-hydrogen) atoms. The molecule has 0 fully saturated rings. The van der Waals surface area contributed by atoms with Gasteiger partial charge in [0.25, 0.3) is 5.91 Å². The van der Waals surface area contributed by atoms with Gasteiger partial charge in [0.05, 0.1) is 6.26 Å². The third-order valence-corrected chi connectivity index (χ3v) is 3.88. The molecule has 0 aliphatic rings. The van der Waals surface area contributed by atoms with Gasteiger partial charge in [-0.1, -0.05) is 54.1 Å². The number of ether oxygens (including phenoxy) is 1. The fourth-order valence-electron chi connectivity index (χ4n) is 2.41. The predicted octanol–water partition coefficient (Wildman–Crippen LogP) is 4.07. The Bertz CT molecular complexity index is 905. The first kappa shape index (κ1) is 17.8. The van der Waals surface area contributed by atoms with E-state index in [1.54, 1.807) is 24.3 Å². The number of furan rings is 1. The molecule has 0 spiro atoms. The van der Waals surface area contributed by atoms with Crippen LogP contribution in [0.5, 0.6) is 0 Å². The van der Waals surface area contributed by atoms with Crippen molar-refractivity contribution >= 4 is 23.5 Å². The van der Waals surface area contributed by atoms with Gasteiger partial charge in [-0.3, -0.25) is 4.79 Å². The molecule has 6 heteroatoms. The van der Waals surface area contributed by atoms with Crippen molar-refractivity contribution in [3.63, 3.8) is 0 Å². The van der Waals surface area contributed by atoms with Crippen molar-refractivity contribution < 1.29 is 18.7 Å². The van der Waals surface area contributed by atoms with Gasteiger partial charge in [-0.25, -0.2) is 4.79 Å². The number of benzene rings is 2. The van der Waals surface area contributed by atoms with Gasteiger partial charge < -0.3 is 14.5 Å². The lowest BCUT2D eigenvalue weighted by atomic mass is 10.1. The standard InChI is InChI=1S/C20H16ClNO4/c21-16-8-4-5-14(11-16)12-22-18(23)13-26-20(24)19-17(9-10-25-19)15-6-2-1-3-7-15/h1-11H,12-13H2,(H,22,23). The van der Waals surface area contributed by atoms with Crippen LogP contribution >= 0.6 is 11.6 Å². The zero-order valence-corrected chi connectivity index (χ0v) is 14.5. The van der Waals surface area contributed by atoms with Gasteiger partial charge in [-0.2, -0.15) is 0 Å². The molecule has 0 radical (unpaired) electrons. The number of halogens is 1. The minimum atomic E-state index is -0.688. The Morgan fingerprint density at radius 2 is 1.85 bits per heavy atom. The number of amides is 1. The van der Waals surface area contributed by atoms with E-state index in [1.165, 1.54) is 6.26 Å². The monoisotopic (exact) mass is 369 g/mol. The first-order valence-corrected chi connectivity index (χ1v) is 8.32. The summed E-state index contributed by atoms with van der Waals surface area (Å²) in [6.07, 6.45) is 1.41. The Hall–Kier alpha value is -3.05. The molecule has 0 bridgehead atoms. The number of hydrogen-bond donors (Lipinski definition) is 1. The van der Waals surface area contributed by atoms with Gasteiger partial charge in [0.2, 0.25) is 5.76 Å². The van der Waals surface area contributed by atoms with E-state index in [0.717, 1.165) is 11.1 Å². The highest BCUT2D eigenvalue weighted by Gasteiger charge is 2.19. The molecule has 1 heterocycles. The zero-order valence-electron chi connectivity index (χ0n) is 13.8. The summed E-state index contributed by atoms with van der Waals surface area (Å²) >= 11 is 5.89. The van der Waals surface area contributed by atoms with Crippen molar-refractivity contribution in [3.8, 4) is 11.1 Å². The highest BCUT2D eigenvalue weighted by molar-refractivity contribution is 6.30. The molecule has 3 rings (SSSR count). The predicted molar refractivity (Wildman–Crippen MR) is 97.7 cm³/mol. The van der Waals surface area contributed by atoms with E-state index in [1.807, 2.05) is 36.4 Å². The van der Waals surface area contributed by atoms with E-state index < -0.39 is 18.5 Å². The average molecular weight is 370 g/mol. The fourth-order valence-corrected chi connectivity index (χ4v) is 2.62. The minimum absolute atomic E-state index is 0.0684. The minimum Gasteiger partial charge on any atom is -0.457 e. The second-order valence-corrected chi connectivity index (χ2v) is 5.95. The lowest BCUT2D eigenvalue weighted by Crippen LogP contribution is -2.28. The van der Waals surface area contributed by atoms with Crippen LogP contribution in [0.15, 0.2) is 71.3 Å². The third kappa shape index (κ3) is 4.52. The Kier molecular flexibility index (Phi) is 5.71. The molecule has 1 aromatic heterocycles. The maximum Gasteiger partial charge on any atom is 0.375 e. The van der Waals surface area contributed by atoms with Crippen LogP contribution in [0.25, 0.3) is 11.1 Å². The molecule has 0 atom stereocenters. The van der Waals surface area contributed by atoms with E-state index in [0.29, 0.717) is 17.1 Å². The highest BCUT2D eigenvalue weighted by Crippen LogP contribution is 2.25. The topological polar surface area (TPSA) is 68.5 Å². The molecular formula is C20H16ClNO4. The van der Waals surface area contributed by atoms with E-state index in [2.05, 4.69) is 5.32 Å². The van der Waals surface area contributed by atoms with Gasteiger partial charge in [-0.05, 0) is 29.3 Å². The average Bonchev–Trinajstić information content (AvgIpc) is 3.15. The lowest BCUT2D eigenvalue weighted by Gasteiger charge is -2.07. The summed E-state index contributed by atoms with van der Waals surface area (Å²) in [5.74, 6) is -1.03. The first-order chi connectivity index (χ1) is 12.6. The number of esters is 1. The smallest absolute Gasteiger partial charge is 0.375 e. The van der Waals surface area contributed by atoms with Crippen LogP contribution < -0.4 is 5.32 Å². The van der Waals surface area contributed by atoms with Crippen molar-refractivity contribution in [2.75, 3.05) is 6.61 Å². The number of carbonyl (C=O) groups excluding carboxylic acids is 2. The number of carbonyl (C=O) groups is 2. The fraction of sp³-hybridized carbons (Fsp3) is 0.100. The molecule has 0 unspecified atom stereocenters. The molecule has 1 N–H and O–H groups in total. The van der Waals surface area contributed by atoms with Crippen molar-refractivity contribution in [1.29, 1.82) is 0 Å². The van der Waals surface area contributed by atoms with Crippen LogP contribution in [0.4, 0.5) is 0 Å². The van der Waals surface area contributed by atoms with Gasteiger partial charge in [0.15, 0.2) is 6.61 Å². The molecule has 3 aromatic rings. The van der Waals surface area contributed by atoms with Gasteiger partial charge >= 0.3 is 5.97 Å². The molecule has 1 amide bonds. The van der Waals surface area contributed by atoms with Crippen LogP contribution in [0.3, 0.4) is 0 Å². The molecular weight excluding hydrogens is 354 g/mol. The highest BCUT2D eigenvalue weighted by atomic mass is 35.5. The van der Waals surface area contributed by atoms with Gasteiger partial charge in [0, 0.05) is 17.1 Å². The molecule has 0 saturated heterocycles. The van der Waals surface area contributed by atoms with Gasteiger partial charge in [-0.15, -0.1) is 0 Å². The number of nitrogens with one attached hydrogen (secondary N) is 1. The van der Waals surface area contributed by atoms with Crippen LogP contribution in [-0.4, -0.2) is 18.5 Å². The van der Waals surface area contributed by atoms with Crippen LogP contribution in [0.1, 0.15) is 16.1 Å². The van der Waals surface area contributed by atoms with Gasteiger partial charge in [0.1, 0.15) is 0 Å². The second-order valence-electron chi connectivity index (χ2n) is 5.51. The van der Waals surface area contributed by atoms with Crippen LogP contribution in [-0.2, 0) is 16.1 Å². The molecule has 2 aromatic carbocycles. The largest absolute Gasteiger partial charge is 0.457 e. The Morgan fingerprint density at radius 1 is 1.04 bits per heavy atom. The number of rotatable bonds is 6. The third-order valence-electron chi connectivity index (χ3n) is 3.65. The maximum atomic E-state index is 12.2. The zero-order chi connectivity index (χ0) is 18.4. The van der Waals surface area contributed by atoms with E-state index in [-0.39, 0.29) is 5.76 Å². The van der Waals surface area contributed by atoms with Crippen molar-refractivity contribution in [3.05, 3.63) is 83.3 Å². The summed E-state index contributed by atoms with van der Waals surface area (Å²) in [7, 11) is 0. The van der Waals surface area contributed by atoms with Crippen LogP contribution in [0.2, 0.25) is 5.02 Å². The summed E-state index contributed by atoms with van der Waals surface area (Å²) in [4.78, 5) is 24.1. The summed E-state index contributed by atoms with van der Waals surface area (Å²) in [6.45, 7) is -0.0959. The van der Waals surface area contributed by atoms with Crippen molar-refractivity contribution in [2.24, 2.45) is 0 Å². The second kappa shape index (κ2) is 8.36. The normalized spacial score (nSPS) is 10.3. The molecule has 5 nitrogen and oxygen atoms in total. The molecule has 0 aliphatic heterocycles. The molecule has 0 aliphatic carbocycles. The Balaban J connectivity index is 1.54. The summed E-state index contributed by atoms with van der Waals surface area (Å²) < 4.78 is 10.3. The maximum absolute atomic E-state index is 12.2. The Morgan fingerprint density at radius 3 is 2.62 bits per heavy atom. The number of hydrogen-bond acceptors (Lipinski definition) is 4. The molecule has 132 valence electrons. The van der Waals surface area contributed by atoms with E-state index >= 15 is 0 Å². The quantitative estimate of drug-likeness (QED) is 0.665.